The van der Waals surface area contributed by atoms with Crippen molar-refractivity contribution in [2.45, 2.75) is 25.0 Å². The maximum absolute atomic E-state index is 14.6. The Balaban J connectivity index is 1.66. The van der Waals surface area contributed by atoms with Crippen LogP contribution < -0.4 is 9.80 Å². The highest BCUT2D eigenvalue weighted by atomic mass is 19.1. The van der Waals surface area contributed by atoms with Crippen LogP contribution in [0.25, 0.3) is 0 Å². The average molecular weight is 420 g/mol. The number of amides is 1. The van der Waals surface area contributed by atoms with Crippen LogP contribution in [-0.4, -0.2) is 76.5 Å². The Labute approximate surface area is 176 Å². The van der Waals surface area contributed by atoms with Crippen molar-refractivity contribution >= 4 is 23.3 Å². The van der Waals surface area contributed by atoms with E-state index in [1.165, 1.54) is 24.3 Å². The topological polar surface area (TPSA) is 78.3 Å². The predicted molar refractivity (Wildman–Crippen MR) is 113 cm³/mol. The number of amidine groups is 1. The van der Waals surface area contributed by atoms with E-state index in [0.29, 0.717) is 43.5 Å². The fourth-order valence-corrected chi connectivity index (χ4v) is 3.43. The molecule has 1 aliphatic carbocycles. The van der Waals surface area contributed by atoms with Crippen LogP contribution >= 0.6 is 0 Å². The zero-order chi connectivity index (χ0) is 21.7. The van der Waals surface area contributed by atoms with Gasteiger partial charge in [0, 0.05) is 32.8 Å². The number of likely N-dealkylation sites (N-methyl/N-ethyl adjacent to an activating group) is 1. The third kappa shape index (κ3) is 5.21. The van der Waals surface area contributed by atoms with E-state index in [2.05, 4.69) is 0 Å². The standard InChI is InChI=1S/C21H29FN4O4/c1-24(9-11-29-3)19-7-6-16(12-18(19)22)26-14-17(30-21(26)27)13-25(15-4-5-15)20(23)8-10-28-2/h6-8,10,12,15,17,23H,4-5,9,11,13-14H2,1-3H3. The van der Waals surface area contributed by atoms with Crippen molar-refractivity contribution in [3.8, 4) is 0 Å². The number of anilines is 2. The number of carbonyl (C=O) groups excluding carboxylic acids is 1. The van der Waals surface area contributed by atoms with Gasteiger partial charge in [-0.3, -0.25) is 10.3 Å². The number of hydrogen-bond acceptors (Lipinski definition) is 6. The number of cyclic esters (lactones) is 1. The highest BCUT2D eigenvalue weighted by molar-refractivity contribution is 5.91. The van der Waals surface area contributed by atoms with Crippen molar-refractivity contribution in [2.24, 2.45) is 0 Å². The molecule has 0 spiro atoms. The second-order valence-corrected chi connectivity index (χ2v) is 7.47. The third-order valence-corrected chi connectivity index (χ3v) is 5.22. The largest absolute Gasteiger partial charge is 0.504 e. The third-order valence-electron chi connectivity index (χ3n) is 5.22. The Morgan fingerprint density at radius 2 is 2.17 bits per heavy atom. The lowest BCUT2D eigenvalue weighted by Gasteiger charge is -2.25. The molecular weight excluding hydrogens is 391 g/mol. The van der Waals surface area contributed by atoms with Crippen LogP contribution in [0.15, 0.2) is 30.5 Å². The second-order valence-electron chi connectivity index (χ2n) is 7.47. The maximum atomic E-state index is 14.6. The molecule has 3 rings (SSSR count). The number of nitrogens with zero attached hydrogens (tertiary/aromatic N) is 3. The van der Waals surface area contributed by atoms with Crippen molar-refractivity contribution in [3.05, 3.63) is 36.4 Å². The smallest absolute Gasteiger partial charge is 0.414 e. The molecule has 1 atom stereocenters. The van der Waals surface area contributed by atoms with Crippen molar-refractivity contribution < 1.29 is 23.4 Å². The number of nitrogens with one attached hydrogen (secondary N) is 1. The van der Waals surface area contributed by atoms with E-state index in [1.807, 2.05) is 4.90 Å². The number of methoxy groups -OCH3 is 2. The van der Waals surface area contributed by atoms with Gasteiger partial charge in [0.15, 0.2) is 0 Å². The van der Waals surface area contributed by atoms with Crippen LogP contribution in [-0.2, 0) is 14.2 Å². The van der Waals surface area contributed by atoms with E-state index in [-0.39, 0.29) is 6.04 Å². The first kappa shape index (κ1) is 21.9. The van der Waals surface area contributed by atoms with Gasteiger partial charge in [0.2, 0.25) is 0 Å². The Hall–Kier alpha value is -2.81. The number of ether oxygens (including phenoxy) is 3. The van der Waals surface area contributed by atoms with E-state index in [0.717, 1.165) is 12.8 Å². The summed E-state index contributed by atoms with van der Waals surface area (Å²) in [5.74, 6) is -0.0863. The number of hydrogen-bond donors (Lipinski definition) is 1. The molecule has 1 heterocycles. The molecule has 9 heteroatoms. The van der Waals surface area contributed by atoms with E-state index in [4.69, 9.17) is 19.6 Å². The SMILES string of the molecule is COC=CC(=N)N(CC1CN(c2ccc(N(C)CCOC)c(F)c2)C(=O)O1)C1CC1. The first-order valence-electron chi connectivity index (χ1n) is 9.97. The summed E-state index contributed by atoms with van der Waals surface area (Å²) in [6.45, 7) is 1.77. The van der Waals surface area contributed by atoms with Gasteiger partial charge in [0.25, 0.3) is 0 Å². The van der Waals surface area contributed by atoms with Gasteiger partial charge < -0.3 is 24.0 Å². The van der Waals surface area contributed by atoms with Crippen LogP contribution in [0.5, 0.6) is 0 Å². The van der Waals surface area contributed by atoms with Crippen molar-refractivity contribution in [1.82, 2.24) is 4.90 Å². The summed E-state index contributed by atoms with van der Waals surface area (Å²) in [5.41, 5.74) is 0.898. The molecule has 1 saturated heterocycles. The number of halogens is 1. The zero-order valence-electron chi connectivity index (χ0n) is 17.6. The second kappa shape index (κ2) is 9.80. The highest BCUT2D eigenvalue weighted by Gasteiger charge is 2.38. The summed E-state index contributed by atoms with van der Waals surface area (Å²) >= 11 is 0. The number of benzene rings is 1. The van der Waals surface area contributed by atoms with E-state index in [9.17, 15) is 9.18 Å². The van der Waals surface area contributed by atoms with Gasteiger partial charge in [-0.05, 0) is 31.0 Å². The van der Waals surface area contributed by atoms with E-state index in [1.54, 1.807) is 37.3 Å². The van der Waals surface area contributed by atoms with Gasteiger partial charge in [-0.2, -0.15) is 0 Å². The molecule has 0 aromatic heterocycles. The summed E-state index contributed by atoms with van der Waals surface area (Å²) in [6, 6.07) is 5.01. The predicted octanol–water partition coefficient (Wildman–Crippen LogP) is 2.84. The van der Waals surface area contributed by atoms with Gasteiger partial charge in [0.05, 0.1) is 44.4 Å². The van der Waals surface area contributed by atoms with Crippen molar-refractivity contribution in [2.75, 3.05) is 57.3 Å². The van der Waals surface area contributed by atoms with Crippen molar-refractivity contribution in [3.63, 3.8) is 0 Å². The van der Waals surface area contributed by atoms with Gasteiger partial charge in [-0.25, -0.2) is 9.18 Å². The minimum absolute atomic E-state index is 0.283. The Bertz CT molecular complexity index is 799. The first-order chi connectivity index (χ1) is 14.4. The summed E-state index contributed by atoms with van der Waals surface area (Å²) in [6.07, 6.45) is 4.16. The summed E-state index contributed by atoms with van der Waals surface area (Å²) in [4.78, 5) is 17.5. The van der Waals surface area contributed by atoms with Crippen molar-refractivity contribution in [1.29, 1.82) is 5.41 Å². The molecule has 1 aromatic carbocycles. The van der Waals surface area contributed by atoms with Crippen LogP contribution in [0.4, 0.5) is 20.6 Å². The minimum atomic E-state index is -0.505. The lowest BCUT2D eigenvalue weighted by atomic mass is 10.2. The zero-order valence-corrected chi connectivity index (χ0v) is 17.6. The molecular formula is C21H29FN4O4. The molecule has 1 aliphatic heterocycles. The molecule has 2 aliphatic rings. The van der Waals surface area contributed by atoms with Gasteiger partial charge in [0.1, 0.15) is 17.8 Å². The monoisotopic (exact) mass is 420 g/mol. The molecule has 0 bridgehead atoms. The Morgan fingerprint density at radius 3 is 2.80 bits per heavy atom. The molecule has 1 amide bonds. The quantitative estimate of drug-likeness (QED) is 0.356. The van der Waals surface area contributed by atoms with Gasteiger partial charge >= 0.3 is 6.09 Å². The molecule has 0 radical (unpaired) electrons. The normalized spacial score (nSPS) is 18.6. The van der Waals surface area contributed by atoms with Crippen LogP contribution in [0.1, 0.15) is 12.8 Å². The van der Waals surface area contributed by atoms with E-state index < -0.39 is 18.0 Å². The summed E-state index contributed by atoms with van der Waals surface area (Å²) in [7, 11) is 4.92. The molecule has 2 fully saturated rings. The molecule has 30 heavy (non-hydrogen) atoms. The average Bonchev–Trinajstić information content (AvgIpc) is 3.50. The van der Waals surface area contributed by atoms with Crippen LogP contribution in [0.3, 0.4) is 0 Å². The molecule has 164 valence electrons. The van der Waals surface area contributed by atoms with Gasteiger partial charge in [-0.1, -0.05) is 0 Å². The van der Waals surface area contributed by atoms with E-state index >= 15 is 0 Å². The fraction of sp³-hybridized carbons (Fsp3) is 0.524. The first-order valence-corrected chi connectivity index (χ1v) is 9.97. The molecule has 1 saturated carbocycles. The summed E-state index contributed by atoms with van der Waals surface area (Å²) in [5, 5.41) is 8.23. The molecule has 8 nitrogen and oxygen atoms in total. The maximum Gasteiger partial charge on any atom is 0.414 e. The lowest BCUT2D eigenvalue weighted by Crippen LogP contribution is -2.39. The lowest BCUT2D eigenvalue weighted by molar-refractivity contribution is 0.125. The van der Waals surface area contributed by atoms with Crippen LogP contribution in [0.2, 0.25) is 0 Å². The minimum Gasteiger partial charge on any atom is -0.504 e. The number of carbonyl (C=O) groups is 1. The Kier molecular flexibility index (Phi) is 7.15. The fourth-order valence-electron chi connectivity index (χ4n) is 3.43. The molecule has 1 aromatic rings. The van der Waals surface area contributed by atoms with Crippen LogP contribution in [0, 0.1) is 11.2 Å². The van der Waals surface area contributed by atoms with Gasteiger partial charge in [-0.15, -0.1) is 0 Å². The molecule has 1 N–H and O–H groups in total. The molecule has 1 unspecified atom stereocenters. The number of rotatable bonds is 10. The summed E-state index contributed by atoms with van der Waals surface area (Å²) < 4.78 is 30.1. The highest BCUT2D eigenvalue weighted by Crippen LogP contribution is 2.30. The Morgan fingerprint density at radius 1 is 1.40 bits per heavy atom.